The molecule has 5 nitrogen and oxygen atoms in total. The number of aliphatic imine (C=N–C) groups is 1. The lowest BCUT2D eigenvalue weighted by Gasteiger charge is -2.14. The molecule has 1 aromatic rings. The average Bonchev–Trinajstić information content (AvgIpc) is 2.48. The van der Waals surface area contributed by atoms with Gasteiger partial charge in [0.05, 0.1) is 6.04 Å². The summed E-state index contributed by atoms with van der Waals surface area (Å²) >= 11 is 0. The predicted octanol–water partition coefficient (Wildman–Crippen LogP) is 1.97. The molecule has 0 radical (unpaired) electrons. The number of hydrogen-bond acceptors (Lipinski definition) is 5. The van der Waals surface area contributed by atoms with E-state index in [1.807, 2.05) is 18.5 Å². The van der Waals surface area contributed by atoms with Crippen LogP contribution in [0.4, 0.5) is 11.8 Å². The highest BCUT2D eigenvalue weighted by Crippen LogP contribution is 2.20. The quantitative estimate of drug-likeness (QED) is 0.595. The molecule has 2 atom stereocenters. The van der Waals surface area contributed by atoms with E-state index in [4.69, 9.17) is 5.73 Å². The maximum atomic E-state index is 5.68. The van der Waals surface area contributed by atoms with Crippen molar-refractivity contribution in [1.29, 1.82) is 0 Å². The SMILES string of the molecule is CCCCNc1nc(N)ncc1PCC1CC=CC=N1. The monoisotopic (exact) mass is 291 g/mol. The van der Waals surface area contributed by atoms with Crippen LogP contribution in [-0.4, -0.2) is 34.9 Å². The van der Waals surface area contributed by atoms with Crippen molar-refractivity contribution in [1.82, 2.24) is 9.97 Å². The van der Waals surface area contributed by atoms with Crippen LogP contribution in [0.1, 0.15) is 26.2 Å². The Hall–Kier alpha value is -1.48. The van der Waals surface area contributed by atoms with Crippen LogP contribution >= 0.6 is 8.58 Å². The van der Waals surface area contributed by atoms with Gasteiger partial charge in [-0.15, -0.1) is 0 Å². The summed E-state index contributed by atoms with van der Waals surface area (Å²) in [6.45, 7) is 3.10. The first-order chi connectivity index (χ1) is 9.79. The molecule has 20 heavy (non-hydrogen) atoms. The average molecular weight is 291 g/mol. The number of unbranched alkanes of at least 4 members (excludes halogenated alkanes) is 1. The van der Waals surface area contributed by atoms with Gasteiger partial charge in [-0.1, -0.05) is 28.0 Å². The number of rotatable bonds is 7. The first kappa shape index (κ1) is 14.9. The van der Waals surface area contributed by atoms with Gasteiger partial charge in [-0.2, -0.15) is 4.98 Å². The molecule has 0 aliphatic carbocycles. The molecule has 108 valence electrons. The molecule has 0 saturated heterocycles. The van der Waals surface area contributed by atoms with Gasteiger partial charge in [-0.05, 0) is 25.1 Å². The molecular formula is C14H22N5P. The third-order valence-corrected chi connectivity index (χ3v) is 4.51. The van der Waals surface area contributed by atoms with E-state index < -0.39 is 0 Å². The molecule has 0 fully saturated rings. The van der Waals surface area contributed by atoms with Crippen LogP contribution < -0.4 is 16.4 Å². The van der Waals surface area contributed by atoms with Crippen molar-refractivity contribution < 1.29 is 0 Å². The second-order valence-electron chi connectivity index (χ2n) is 4.77. The number of aromatic nitrogens is 2. The molecule has 1 aliphatic heterocycles. The van der Waals surface area contributed by atoms with E-state index in [1.54, 1.807) is 0 Å². The van der Waals surface area contributed by atoms with Gasteiger partial charge in [0.15, 0.2) is 0 Å². The second-order valence-corrected chi connectivity index (χ2v) is 6.07. The minimum atomic E-state index is 0.330. The number of allylic oxidation sites excluding steroid dienone is 1. The zero-order valence-corrected chi connectivity index (χ0v) is 12.8. The lowest BCUT2D eigenvalue weighted by atomic mass is 10.2. The Morgan fingerprint density at radius 1 is 1.50 bits per heavy atom. The second kappa shape index (κ2) is 7.95. The summed E-state index contributed by atoms with van der Waals surface area (Å²) in [5, 5.41) is 4.52. The van der Waals surface area contributed by atoms with Crippen molar-refractivity contribution in [3.05, 3.63) is 18.3 Å². The van der Waals surface area contributed by atoms with E-state index in [9.17, 15) is 0 Å². The number of nitrogens with two attached hydrogens (primary N) is 1. The molecule has 6 heteroatoms. The third-order valence-electron chi connectivity index (χ3n) is 3.09. The standard InChI is InChI=1S/C14H22N5P/c1-2-3-7-17-13-12(9-18-14(15)19-13)20-10-11-6-4-5-8-16-11/h4-5,8-9,11,20H,2-3,6-7,10H2,1H3,(H3,15,17,18,19). The number of nitrogen functional groups attached to an aromatic ring is 1. The Labute approximate surface area is 122 Å². The smallest absolute Gasteiger partial charge is 0.221 e. The van der Waals surface area contributed by atoms with Gasteiger partial charge in [0.2, 0.25) is 5.95 Å². The van der Waals surface area contributed by atoms with Gasteiger partial charge in [0, 0.05) is 24.3 Å². The van der Waals surface area contributed by atoms with Crippen LogP contribution in [0.3, 0.4) is 0 Å². The topological polar surface area (TPSA) is 76.2 Å². The van der Waals surface area contributed by atoms with E-state index in [0.717, 1.165) is 43.1 Å². The van der Waals surface area contributed by atoms with Crippen LogP contribution in [-0.2, 0) is 0 Å². The molecule has 1 aliphatic rings. The van der Waals surface area contributed by atoms with Gasteiger partial charge >= 0.3 is 0 Å². The lowest BCUT2D eigenvalue weighted by Crippen LogP contribution is -2.17. The van der Waals surface area contributed by atoms with Crippen molar-refractivity contribution in [3.63, 3.8) is 0 Å². The minimum Gasteiger partial charge on any atom is -0.369 e. The predicted molar refractivity (Wildman–Crippen MR) is 88.7 cm³/mol. The normalized spacial score (nSPS) is 17.9. The van der Waals surface area contributed by atoms with Gasteiger partial charge in [0.1, 0.15) is 5.82 Å². The Bertz CT molecular complexity index is 486. The van der Waals surface area contributed by atoms with Gasteiger partial charge < -0.3 is 11.1 Å². The van der Waals surface area contributed by atoms with Crippen molar-refractivity contribution in [2.24, 2.45) is 4.99 Å². The van der Waals surface area contributed by atoms with Crippen molar-refractivity contribution >= 4 is 31.9 Å². The van der Waals surface area contributed by atoms with Crippen molar-refractivity contribution in [3.8, 4) is 0 Å². The first-order valence-electron chi connectivity index (χ1n) is 7.08. The summed E-state index contributed by atoms with van der Waals surface area (Å²) in [4.78, 5) is 12.9. The number of anilines is 2. The molecule has 0 aromatic carbocycles. The Morgan fingerprint density at radius 3 is 3.15 bits per heavy atom. The number of nitrogens with zero attached hydrogens (tertiary/aromatic N) is 3. The molecule has 0 amide bonds. The van der Waals surface area contributed by atoms with Gasteiger partial charge in [-0.3, -0.25) is 4.99 Å². The number of hydrogen-bond donors (Lipinski definition) is 2. The van der Waals surface area contributed by atoms with Crippen LogP contribution in [0.15, 0.2) is 23.3 Å². The van der Waals surface area contributed by atoms with E-state index in [-0.39, 0.29) is 0 Å². The van der Waals surface area contributed by atoms with E-state index in [0.29, 0.717) is 20.6 Å². The molecule has 3 N–H and O–H groups in total. The van der Waals surface area contributed by atoms with Crippen LogP contribution in [0.2, 0.25) is 0 Å². The third kappa shape index (κ3) is 4.57. The summed E-state index contributed by atoms with van der Waals surface area (Å²) in [6.07, 6.45) is 12.3. The molecule has 1 aromatic heterocycles. The maximum absolute atomic E-state index is 5.68. The Kier molecular flexibility index (Phi) is 5.93. The highest BCUT2D eigenvalue weighted by Gasteiger charge is 2.10. The molecule has 2 heterocycles. The van der Waals surface area contributed by atoms with Gasteiger partial charge in [-0.25, -0.2) is 4.98 Å². The molecule has 2 unspecified atom stereocenters. The van der Waals surface area contributed by atoms with Crippen LogP contribution in [0, 0.1) is 0 Å². The molecule has 2 rings (SSSR count). The van der Waals surface area contributed by atoms with Gasteiger partial charge in [0.25, 0.3) is 0 Å². The van der Waals surface area contributed by atoms with Crippen LogP contribution in [0.25, 0.3) is 0 Å². The minimum absolute atomic E-state index is 0.330. The summed E-state index contributed by atoms with van der Waals surface area (Å²) in [7, 11) is 0.652. The highest BCUT2D eigenvalue weighted by atomic mass is 31.1. The first-order valence-corrected chi connectivity index (χ1v) is 8.29. The fourth-order valence-electron chi connectivity index (χ4n) is 1.94. The summed E-state index contributed by atoms with van der Waals surface area (Å²) < 4.78 is 0. The van der Waals surface area contributed by atoms with E-state index in [2.05, 4.69) is 33.3 Å². The molecule has 0 bridgehead atoms. The fourth-order valence-corrected chi connectivity index (χ4v) is 3.13. The summed E-state index contributed by atoms with van der Waals surface area (Å²) in [5.41, 5.74) is 5.68. The molecular weight excluding hydrogens is 269 g/mol. The number of dihydropyridines is 1. The van der Waals surface area contributed by atoms with E-state index >= 15 is 0 Å². The number of nitrogens with one attached hydrogen (secondary N) is 1. The Morgan fingerprint density at radius 2 is 2.40 bits per heavy atom. The Balaban J connectivity index is 1.94. The van der Waals surface area contributed by atoms with Crippen LogP contribution in [0.5, 0.6) is 0 Å². The molecule has 0 saturated carbocycles. The fraction of sp³-hybridized carbons (Fsp3) is 0.500. The summed E-state index contributed by atoms with van der Waals surface area (Å²) in [5.74, 6) is 1.22. The van der Waals surface area contributed by atoms with E-state index in [1.165, 1.54) is 0 Å². The van der Waals surface area contributed by atoms with Crippen molar-refractivity contribution in [2.45, 2.75) is 32.2 Å². The highest BCUT2D eigenvalue weighted by molar-refractivity contribution is 7.47. The summed E-state index contributed by atoms with van der Waals surface area (Å²) in [6, 6.07) is 0.388. The van der Waals surface area contributed by atoms with Crippen molar-refractivity contribution in [2.75, 3.05) is 23.8 Å². The molecule has 0 spiro atoms. The lowest BCUT2D eigenvalue weighted by molar-refractivity contribution is 0.767. The largest absolute Gasteiger partial charge is 0.369 e. The zero-order valence-electron chi connectivity index (χ0n) is 11.8. The zero-order chi connectivity index (χ0) is 14.2. The maximum Gasteiger partial charge on any atom is 0.221 e.